The zero-order valence-corrected chi connectivity index (χ0v) is 23.4. The van der Waals surface area contributed by atoms with Gasteiger partial charge in [-0.25, -0.2) is 0 Å². The van der Waals surface area contributed by atoms with Crippen LogP contribution in [-0.4, -0.2) is 30.0 Å². The molecule has 2 unspecified atom stereocenters. The van der Waals surface area contributed by atoms with Gasteiger partial charge in [0.2, 0.25) is 5.91 Å². The molecule has 1 saturated heterocycles. The van der Waals surface area contributed by atoms with E-state index in [9.17, 15) is 4.79 Å². The Kier molecular flexibility index (Phi) is 8.62. The van der Waals surface area contributed by atoms with Crippen LogP contribution in [0.25, 0.3) is 0 Å². The molecule has 5 rings (SSSR count). The average Bonchev–Trinajstić information content (AvgIpc) is 3.24. The smallest absolute Gasteiger partial charge is 0.229 e. The molecule has 0 spiro atoms. The van der Waals surface area contributed by atoms with Crippen molar-refractivity contribution >= 4 is 5.91 Å². The molecule has 204 valence electrons. The van der Waals surface area contributed by atoms with Gasteiger partial charge in [-0.3, -0.25) is 4.79 Å². The van der Waals surface area contributed by atoms with Crippen molar-refractivity contribution in [2.45, 2.75) is 44.2 Å². The molecule has 40 heavy (non-hydrogen) atoms. The van der Waals surface area contributed by atoms with Gasteiger partial charge >= 0.3 is 0 Å². The van der Waals surface area contributed by atoms with Crippen LogP contribution in [0.4, 0.5) is 0 Å². The van der Waals surface area contributed by atoms with E-state index in [1.807, 2.05) is 30.3 Å². The first-order valence-corrected chi connectivity index (χ1v) is 14.3. The summed E-state index contributed by atoms with van der Waals surface area (Å²) in [6.07, 6.45) is 5.15. The van der Waals surface area contributed by atoms with Crippen LogP contribution in [0.15, 0.2) is 134 Å². The number of hydrogen-bond donors (Lipinski definition) is 0. The van der Waals surface area contributed by atoms with Crippen molar-refractivity contribution in [1.82, 2.24) is 4.90 Å². The molecule has 0 bridgehead atoms. The SMILES string of the molecule is C=CCC1(C)CC(COC(c2ccccc2)(c2ccccc2)c2ccccc2)N(CCCc2ccccc2)C1=O. The van der Waals surface area contributed by atoms with Gasteiger partial charge in [0.05, 0.1) is 18.1 Å². The highest BCUT2D eigenvalue weighted by atomic mass is 16.5. The molecule has 0 N–H and O–H groups in total. The van der Waals surface area contributed by atoms with Crippen LogP contribution >= 0.6 is 0 Å². The number of carbonyl (C=O) groups is 1. The molecule has 4 aromatic rings. The molecule has 3 nitrogen and oxygen atoms in total. The van der Waals surface area contributed by atoms with Crippen LogP contribution in [0.2, 0.25) is 0 Å². The molecule has 3 heteroatoms. The second-order valence-electron chi connectivity index (χ2n) is 11.1. The van der Waals surface area contributed by atoms with E-state index < -0.39 is 11.0 Å². The zero-order valence-electron chi connectivity index (χ0n) is 23.4. The minimum Gasteiger partial charge on any atom is -0.359 e. The van der Waals surface area contributed by atoms with Crippen LogP contribution < -0.4 is 0 Å². The van der Waals surface area contributed by atoms with Gasteiger partial charge in [-0.05, 0) is 47.9 Å². The average molecular weight is 530 g/mol. The summed E-state index contributed by atoms with van der Waals surface area (Å²) >= 11 is 0. The van der Waals surface area contributed by atoms with Crippen LogP contribution in [-0.2, 0) is 21.6 Å². The largest absolute Gasteiger partial charge is 0.359 e. The Balaban J connectivity index is 1.48. The third-order valence-corrected chi connectivity index (χ3v) is 8.24. The molecule has 1 aliphatic rings. The summed E-state index contributed by atoms with van der Waals surface area (Å²) in [5, 5.41) is 0. The highest BCUT2D eigenvalue weighted by molar-refractivity contribution is 5.85. The molecule has 0 aromatic heterocycles. The summed E-state index contributed by atoms with van der Waals surface area (Å²) in [4.78, 5) is 15.9. The lowest BCUT2D eigenvalue weighted by molar-refractivity contribution is -0.137. The summed E-state index contributed by atoms with van der Waals surface area (Å²) in [5.41, 5.74) is 3.24. The fourth-order valence-electron chi connectivity index (χ4n) is 6.24. The number of aryl methyl sites for hydroxylation is 1. The van der Waals surface area contributed by atoms with Crippen molar-refractivity contribution in [3.05, 3.63) is 156 Å². The number of allylic oxidation sites excluding steroid dienone is 1. The van der Waals surface area contributed by atoms with Crippen molar-refractivity contribution in [1.29, 1.82) is 0 Å². The molecule has 0 radical (unpaired) electrons. The van der Waals surface area contributed by atoms with Gasteiger partial charge < -0.3 is 9.64 Å². The van der Waals surface area contributed by atoms with Crippen LogP contribution in [0, 0.1) is 5.41 Å². The van der Waals surface area contributed by atoms with E-state index in [1.165, 1.54) is 5.56 Å². The normalized spacial score (nSPS) is 19.1. The highest BCUT2D eigenvalue weighted by Crippen LogP contribution is 2.44. The number of ether oxygens (including phenoxy) is 1. The Hall–Kier alpha value is -3.95. The second-order valence-corrected chi connectivity index (χ2v) is 11.1. The maximum atomic E-state index is 13.8. The number of rotatable bonds is 12. The van der Waals surface area contributed by atoms with Crippen LogP contribution in [0.3, 0.4) is 0 Å². The van der Waals surface area contributed by atoms with E-state index in [4.69, 9.17) is 4.74 Å². The Morgan fingerprint density at radius 2 is 1.30 bits per heavy atom. The van der Waals surface area contributed by atoms with Crippen molar-refractivity contribution in [3.8, 4) is 0 Å². The summed E-state index contributed by atoms with van der Waals surface area (Å²) in [6, 6.07) is 41.8. The Morgan fingerprint density at radius 1 is 0.825 bits per heavy atom. The lowest BCUT2D eigenvalue weighted by Crippen LogP contribution is -2.42. The third-order valence-electron chi connectivity index (χ3n) is 8.24. The predicted octanol–water partition coefficient (Wildman–Crippen LogP) is 7.81. The maximum Gasteiger partial charge on any atom is 0.229 e. The van der Waals surface area contributed by atoms with Crippen molar-refractivity contribution in [2.24, 2.45) is 5.41 Å². The monoisotopic (exact) mass is 529 g/mol. The number of hydrogen-bond acceptors (Lipinski definition) is 2. The molecular formula is C37H39NO2. The molecule has 1 heterocycles. The predicted molar refractivity (Wildman–Crippen MR) is 163 cm³/mol. The first-order chi connectivity index (χ1) is 19.6. The first kappa shape index (κ1) is 27.6. The van der Waals surface area contributed by atoms with Gasteiger partial charge in [0.25, 0.3) is 0 Å². The van der Waals surface area contributed by atoms with Gasteiger partial charge in [0.15, 0.2) is 0 Å². The summed E-state index contributed by atoms with van der Waals surface area (Å²) in [6.45, 7) is 7.19. The molecule has 0 saturated carbocycles. The number of carbonyl (C=O) groups excluding carboxylic acids is 1. The molecule has 1 aliphatic heterocycles. The lowest BCUT2D eigenvalue weighted by Gasteiger charge is -2.38. The van der Waals surface area contributed by atoms with E-state index >= 15 is 0 Å². The summed E-state index contributed by atoms with van der Waals surface area (Å²) in [7, 11) is 0. The minimum absolute atomic E-state index is 0.0243. The van der Waals surface area contributed by atoms with Gasteiger partial charge in [0.1, 0.15) is 5.60 Å². The third kappa shape index (κ3) is 5.66. The molecule has 1 amide bonds. The van der Waals surface area contributed by atoms with Gasteiger partial charge in [-0.15, -0.1) is 6.58 Å². The van der Waals surface area contributed by atoms with E-state index in [1.54, 1.807) is 0 Å². The van der Waals surface area contributed by atoms with Crippen LogP contribution in [0.1, 0.15) is 48.4 Å². The lowest BCUT2D eigenvalue weighted by atomic mass is 9.80. The first-order valence-electron chi connectivity index (χ1n) is 14.3. The fraction of sp³-hybridized carbons (Fsp3) is 0.270. The van der Waals surface area contributed by atoms with Crippen LogP contribution in [0.5, 0.6) is 0 Å². The summed E-state index contributed by atoms with van der Waals surface area (Å²) in [5.74, 6) is 0.207. The van der Waals surface area contributed by atoms with Crippen molar-refractivity contribution < 1.29 is 9.53 Å². The number of benzene rings is 4. The molecule has 4 aromatic carbocycles. The summed E-state index contributed by atoms with van der Waals surface area (Å²) < 4.78 is 7.17. The Bertz CT molecular complexity index is 1270. The standard InChI is InChI=1S/C37H39NO2/c1-3-26-36(2)28-34(38(35(36)39)27-16-19-30-17-8-4-9-18-30)29-40-37(31-20-10-5-11-21-31,32-22-12-6-13-23-32)33-24-14-7-15-25-33/h3-15,17-18,20-25,34H,1,16,19,26-29H2,2H3. The highest BCUT2D eigenvalue weighted by Gasteiger charge is 2.48. The van der Waals surface area contributed by atoms with E-state index in [0.717, 1.165) is 36.0 Å². The molecule has 2 atom stereocenters. The number of amides is 1. The molecule has 1 fully saturated rings. The molecule has 0 aliphatic carbocycles. The molecular weight excluding hydrogens is 490 g/mol. The van der Waals surface area contributed by atoms with Gasteiger partial charge in [-0.2, -0.15) is 0 Å². The van der Waals surface area contributed by atoms with Crippen molar-refractivity contribution in [2.75, 3.05) is 13.2 Å². The van der Waals surface area contributed by atoms with Crippen molar-refractivity contribution in [3.63, 3.8) is 0 Å². The quantitative estimate of drug-likeness (QED) is 0.138. The second kappa shape index (κ2) is 12.5. The topological polar surface area (TPSA) is 29.5 Å². The maximum absolute atomic E-state index is 13.8. The van der Waals surface area contributed by atoms with Gasteiger partial charge in [0, 0.05) is 6.54 Å². The Labute approximate surface area is 239 Å². The van der Waals surface area contributed by atoms with E-state index in [-0.39, 0.29) is 11.9 Å². The zero-order chi connectivity index (χ0) is 27.8. The fourth-order valence-corrected chi connectivity index (χ4v) is 6.24. The minimum atomic E-state index is -0.806. The number of nitrogens with zero attached hydrogens (tertiary/aromatic N) is 1. The van der Waals surface area contributed by atoms with Gasteiger partial charge in [-0.1, -0.05) is 134 Å². The van der Waals surface area contributed by atoms with E-state index in [2.05, 4.69) is 115 Å². The Morgan fingerprint density at radius 3 is 1.77 bits per heavy atom. The van der Waals surface area contributed by atoms with E-state index in [0.29, 0.717) is 19.6 Å². The number of likely N-dealkylation sites (tertiary alicyclic amines) is 1.